The summed E-state index contributed by atoms with van der Waals surface area (Å²) in [7, 11) is 0. The third-order valence-corrected chi connectivity index (χ3v) is 2.34. The van der Waals surface area contributed by atoms with E-state index in [1.165, 1.54) is 13.0 Å². The summed E-state index contributed by atoms with van der Waals surface area (Å²) in [5.74, 6) is -0.345. The number of rotatable bonds is 2. The van der Waals surface area contributed by atoms with Crippen LogP contribution in [0.2, 0.25) is 0 Å². The predicted octanol–water partition coefficient (Wildman–Crippen LogP) is 2.62. The highest BCUT2D eigenvalue weighted by molar-refractivity contribution is 9.10. The first-order chi connectivity index (χ1) is 6.91. The van der Waals surface area contributed by atoms with Crippen LogP contribution in [0.1, 0.15) is 12.5 Å². The van der Waals surface area contributed by atoms with Gasteiger partial charge in [0.2, 0.25) is 5.91 Å². The topological polar surface area (TPSA) is 72.2 Å². The molecule has 0 unspecified atom stereocenters. The van der Waals surface area contributed by atoms with Gasteiger partial charge in [0.05, 0.1) is 4.92 Å². The Kier molecular flexibility index (Phi) is 3.41. The fourth-order valence-electron chi connectivity index (χ4n) is 1.17. The molecular formula is C9H9BrN2O3. The number of carbonyl (C=O) groups is 1. The molecule has 1 N–H and O–H groups in total. The number of nitro groups is 1. The van der Waals surface area contributed by atoms with E-state index in [-0.39, 0.29) is 17.3 Å². The molecule has 80 valence electrons. The first-order valence-electron chi connectivity index (χ1n) is 4.14. The van der Waals surface area contributed by atoms with Crippen molar-refractivity contribution in [3.8, 4) is 0 Å². The van der Waals surface area contributed by atoms with E-state index in [1.807, 2.05) is 0 Å². The van der Waals surface area contributed by atoms with Gasteiger partial charge >= 0.3 is 0 Å². The molecule has 0 heterocycles. The summed E-state index contributed by atoms with van der Waals surface area (Å²) in [6, 6.07) is 3.12. The molecule has 1 rings (SSSR count). The Hall–Kier alpha value is -1.43. The molecule has 6 heteroatoms. The standard InChI is InChI=1S/C9H9BrN2O3/c1-5-3-7(10)9(11-6(2)13)8(4-5)12(14)15/h3-4H,1-2H3,(H,11,13). The summed E-state index contributed by atoms with van der Waals surface area (Å²) in [5, 5.41) is 13.2. The molecule has 0 aromatic heterocycles. The lowest BCUT2D eigenvalue weighted by Gasteiger charge is -2.06. The van der Waals surface area contributed by atoms with Crippen molar-refractivity contribution in [1.82, 2.24) is 0 Å². The maximum atomic E-state index is 10.9. The van der Waals surface area contributed by atoms with Crippen molar-refractivity contribution in [3.63, 3.8) is 0 Å². The van der Waals surface area contributed by atoms with Crippen LogP contribution in [0, 0.1) is 17.0 Å². The molecule has 1 aromatic carbocycles. The Morgan fingerprint density at radius 2 is 2.13 bits per heavy atom. The number of anilines is 1. The number of nitrogens with zero attached hydrogens (tertiary/aromatic N) is 1. The zero-order valence-corrected chi connectivity index (χ0v) is 9.79. The van der Waals surface area contributed by atoms with Crippen molar-refractivity contribution in [2.24, 2.45) is 0 Å². The molecule has 0 bridgehead atoms. The number of hydrogen-bond donors (Lipinski definition) is 1. The second-order valence-electron chi connectivity index (χ2n) is 3.08. The van der Waals surface area contributed by atoms with Crippen LogP contribution in [0.25, 0.3) is 0 Å². The summed E-state index contributed by atoms with van der Waals surface area (Å²) < 4.78 is 0.504. The molecule has 0 aliphatic rings. The van der Waals surface area contributed by atoms with Crippen LogP contribution in [0.4, 0.5) is 11.4 Å². The average Bonchev–Trinajstić information content (AvgIpc) is 2.08. The number of halogens is 1. The largest absolute Gasteiger partial charge is 0.320 e. The third-order valence-electron chi connectivity index (χ3n) is 1.71. The summed E-state index contributed by atoms with van der Waals surface area (Å²) >= 11 is 3.18. The van der Waals surface area contributed by atoms with Gasteiger partial charge in [-0.1, -0.05) is 0 Å². The zero-order chi connectivity index (χ0) is 11.6. The lowest BCUT2D eigenvalue weighted by atomic mass is 10.2. The van der Waals surface area contributed by atoms with Crippen molar-refractivity contribution < 1.29 is 9.72 Å². The van der Waals surface area contributed by atoms with Crippen molar-refractivity contribution in [2.45, 2.75) is 13.8 Å². The van der Waals surface area contributed by atoms with Gasteiger partial charge in [0, 0.05) is 17.5 Å². The van der Waals surface area contributed by atoms with Gasteiger partial charge in [-0.3, -0.25) is 14.9 Å². The SMILES string of the molecule is CC(=O)Nc1c(Br)cc(C)cc1[N+](=O)[O-]. The highest BCUT2D eigenvalue weighted by atomic mass is 79.9. The smallest absolute Gasteiger partial charge is 0.294 e. The zero-order valence-electron chi connectivity index (χ0n) is 8.20. The molecule has 0 fully saturated rings. The fourth-order valence-corrected chi connectivity index (χ4v) is 1.83. The number of nitro benzene ring substituents is 1. The molecule has 15 heavy (non-hydrogen) atoms. The minimum Gasteiger partial charge on any atom is -0.320 e. The summed E-state index contributed by atoms with van der Waals surface area (Å²) in [4.78, 5) is 21.1. The number of benzene rings is 1. The molecule has 0 aliphatic carbocycles. The van der Waals surface area contributed by atoms with Crippen LogP contribution in [-0.2, 0) is 4.79 Å². The molecular weight excluding hydrogens is 264 g/mol. The highest BCUT2D eigenvalue weighted by Crippen LogP contribution is 2.33. The molecule has 1 aromatic rings. The van der Waals surface area contributed by atoms with E-state index in [0.717, 1.165) is 5.56 Å². The van der Waals surface area contributed by atoms with Gasteiger partial charge in [-0.25, -0.2) is 0 Å². The predicted molar refractivity (Wildman–Crippen MR) is 59.8 cm³/mol. The number of amides is 1. The van der Waals surface area contributed by atoms with Gasteiger partial charge in [0.1, 0.15) is 5.69 Å². The fraction of sp³-hybridized carbons (Fsp3) is 0.222. The quantitative estimate of drug-likeness (QED) is 0.665. The van der Waals surface area contributed by atoms with E-state index >= 15 is 0 Å². The minimum absolute atomic E-state index is 0.114. The monoisotopic (exact) mass is 272 g/mol. The Morgan fingerprint density at radius 3 is 2.60 bits per heavy atom. The van der Waals surface area contributed by atoms with Gasteiger partial charge in [0.25, 0.3) is 5.69 Å². The lowest BCUT2D eigenvalue weighted by molar-refractivity contribution is -0.384. The Morgan fingerprint density at radius 1 is 1.53 bits per heavy atom. The van der Waals surface area contributed by atoms with Crippen LogP contribution in [0.3, 0.4) is 0 Å². The van der Waals surface area contributed by atoms with Crippen LogP contribution >= 0.6 is 15.9 Å². The number of hydrogen-bond acceptors (Lipinski definition) is 3. The van der Waals surface area contributed by atoms with E-state index in [9.17, 15) is 14.9 Å². The van der Waals surface area contributed by atoms with Crippen molar-refractivity contribution in [1.29, 1.82) is 0 Å². The molecule has 0 spiro atoms. The molecule has 0 atom stereocenters. The minimum atomic E-state index is -0.525. The van der Waals surface area contributed by atoms with Crippen LogP contribution in [0.15, 0.2) is 16.6 Å². The maximum Gasteiger partial charge on any atom is 0.294 e. The number of aryl methyl sites for hydroxylation is 1. The highest BCUT2D eigenvalue weighted by Gasteiger charge is 2.18. The number of nitrogens with one attached hydrogen (secondary N) is 1. The first-order valence-corrected chi connectivity index (χ1v) is 4.93. The molecule has 0 saturated carbocycles. The third kappa shape index (κ3) is 2.76. The Labute approximate surface area is 94.8 Å². The van der Waals surface area contributed by atoms with Crippen molar-refractivity contribution in [3.05, 3.63) is 32.3 Å². The lowest BCUT2D eigenvalue weighted by Crippen LogP contribution is -2.08. The Balaban J connectivity index is 3.33. The van der Waals surface area contributed by atoms with E-state index in [0.29, 0.717) is 4.47 Å². The molecule has 0 saturated heterocycles. The number of carbonyl (C=O) groups excluding carboxylic acids is 1. The summed E-state index contributed by atoms with van der Waals surface area (Å²) in [6.45, 7) is 3.05. The van der Waals surface area contributed by atoms with Crippen LogP contribution < -0.4 is 5.32 Å². The van der Waals surface area contributed by atoms with E-state index in [1.54, 1.807) is 13.0 Å². The average molecular weight is 273 g/mol. The van der Waals surface area contributed by atoms with E-state index in [2.05, 4.69) is 21.2 Å². The molecule has 1 amide bonds. The Bertz CT molecular complexity index is 432. The van der Waals surface area contributed by atoms with Gasteiger partial charge in [-0.15, -0.1) is 0 Å². The summed E-state index contributed by atoms with van der Waals surface area (Å²) in [6.07, 6.45) is 0. The summed E-state index contributed by atoms with van der Waals surface area (Å²) in [5.41, 5.74) is 0.831. The van der Waals surface area contributed by atoms with Crippen molar-refractivity contribution in [2.75, 3.05) is 5.32 Å². The van der Waals surface area contributed by atoms with Gasteiger partial charge < -0.3 is 5.32 Å². The first kappa shape index (κ1) is 11.6. The van der Waals surface area contributed by atoms with E-state index < -0.39 is 4.92 Å². The van der Waals surface area contributed by atoms with Crippen LogP contribution in [-0.4, -0.2) is 10.8 Å². The van der Waals surface area contributed by atoms with Crippen molar-refractivity contribution >= 4 is 33.2 Å². The molecule has 5 nitrogen and oxygen atoms in total. The van der Waals surface area contributed by atoms with Gasteiger partial charge in [0.15, 0.2) is 0 Å². The van der Waals surface area contributed by atoms with Crippen LogP contribution in [0.5, 0.6) is 0 Å². The molecule has 0 aliphatic heterocycles. The normalized spacial score (nSPS) is 9.80. The van der Waals surface area contributed by atoms with Gasteiger partial charge in [-0.2, -0.15) is 0 Å². The second kappa shape index (κ2) is 4.39. The maximum absolute atomic E-state index is 10.9. The van der Waals surface area contributed by atoms with E-state index in [4.69, 9.17) is 0 Å². The molecule has 0 radical (unpaired) electrons. The van der Waals surface area contributed by atoms with Gasteiger partial charge in [-0.05, 0) is 34.5 Å². The second-order valence-corrected chi connectivity index (χ2v) is 3.93.